The highest BCUT2D eigenvalue weighted by molar-refractivity contribution is 5.99. The second-order valence-electron chi connectivity index (χ2n) is 8.10. The lowest BCUT2D eigenvalue weighted by Crippen LogP contribution is -2.31. The molecular formula is C25H24FNO6. The van der Waals surface area contributed by atoms with Crippen LogP contribution in [0.25, 0.3) is 11.0 Å². The fourth-order valence-electron chi connectivity index (χ4n) is 4.04. The summed E-state index contributed by atoms with van der Waals surface area (Å²) in [5.74, 6) is -1.53. The number of hydrogen-bond donors (Lipinski definition) is 0. The number of rotatable bonds is 7. The van der Waals surface area contributed by atoms with E-state index in [1.165, 1.54) is 19.2 Å². The van der Waals surface area contributed by atoms with Gasteiger partial charge in [0.2, 0.25) is 5.76 Å². The molecule has 2 aromatic carbocycles. The SMILES string of the molecule is COC(=O)c1ccc([C@@H]2c3c(oc4ccc(F)cc4c3=O)C(=O)N2CCCOC(C)C)cc1. The Hall–Kier alpha value is -3.52. The molecule has 172 valence electrons. The number of carbonyl (C=O) groups is 2. The van der Waals surface area contributed by atoms with Gasteiger partial charge in [0, 0.05) is 13.2 Å². The van der Waals surface area contributed by atoms with E-state index in [-0.39, 0.29) is 28.4 Å². The molecule has 1 aliphatic heterocycles. The van der Waals surface area contributed by atoms with E-state index in [0.29, 0.717) is 30.7 Å². The highest BCUT2D eigenvalue weighted by atomic mass is 19.1. The third-order valence-corrected chi connectivity index (χ3v) is 5.57. The predicted molar refractivity (Wildman–Crippen MR) is 119 cm³/mol. The minimum Gasteiger partial charge on any atom is -0.465 e. The molecule has 0 saturated carbocycles. The first-order chi connectivity index (χ1) is 15.8. The van der Waals surface area contributed by atoms with E-state index in [9.17, 15) is 18.8 Å². The van der Waals surface area contributed by atoms with Crippen LogP contribution in [0, 0.1) is 5.82 Å². The normalized spacial score (nSPS) is 15.4. The van der Waals surface area contributed by atoms with Gasteiger partial charge in [-0.05, 0) is 56.2 Å². The van der Waals surface area contributed by atoms with Gasteiger partial charge in [-0.25, -0.2) is 9.18 Å². The van der Waals surface area contributed by atoms with Crippen molar-refractivity contribution in [3.8, 4) is 0 Å². The summed E-state index contributed by atoms with van der Waals surface area (Å²) in [6.07, 6.45) is 0.610. The number of carbonyl (C=O) groups excluding carboxylic acids is 2. The molecule has 1 atom stereocenters. The Kier molecular flexibility index (Phi) is 6.29. The molecule has 0 N–H and O–H groups in total. The molecule has 1 aliphatic rings. The molecule has 3 aromatic rings. The quantitative estimate of drug-likeness (QED) is 0.396. The van der Waals surface area contributed by atoms with Crippen LogP contribution in [0.5, 0.6) is 0 Å². The smallest absolute Gasteiger partial charge is 0.337 e. The minimum absolute atomic E-state index is 0.0501. The van der Waals surface area contributed by atoms with E-state index >= 15 is 0 Å². The Bertz CT molecular complexity index is 1260. The van der Waals surface area contributed by atoms with Crippen LogP contribution in [0.4, 0.5) is 4.39 Å². The van der Waals surface area contributed by atoms with Gasteiger partial charge in [0.15, 0.2) is 5.43 Å². The largest absolute Gasteiger partial charge is 0.465 e. The van der Waals surface area contributed by atoms with Crippen LogP contribution in [0.3, 0.4) is 0 Å². The molecule has 0 aliphatic carbocycles. The number of halogens is 1. The van der Waals surface area contributed by atoms with Gasteiger partial charge in [-0.1, -0.05) is 12.1 Å². The van der Waals surface area contributed by atoms with Gasteiger partial charge in [-0.3, -0.25) is 9.59 Å². The number of nitrogens with zero attached hydrogens (tertiary/aromatic N) is 1. The zero-order valence-corrected chi connectivity index (χ0v) is 18.6. The van der Waals surface area contributed by atoms with E-state index in [1.54, 1.807) is 29.2 Å². The van der Waals surface area contributed by atoms with E-state index in [0.717, 1.165) is 6.07 Å². The predicted octanol–water partition coefficient (Wildman–Crippen LogP) is 4.08. The highest BCUT2D eigenvalue weighted by Gasteiger charge is 2.42. The van der Waals surface area contributed by atoms with Crippen LogP contribution in [-0.2, 0) is 9.47 Å². The average Bonchev–Trinajstić information content (AvgIpc) is 3.08. The van der Waals surface area contributed by atoms with Crippen molar-refractivity contribution in [3.63, 3.8) is 0 Å². The Labute approximate surface area is 189 Å². The summed E-state index contributed by atoms with van der Waals surface area (Å²) in [6, 6.07) is 9.40. The second-order valence-corrected chi connectivity index (χ2v) is 8.10. The fourth-order valence-corrected chi connectivity index (χ4v) is 4.04. The minimum atomic E-state index is -0.734. The molecule has 2 heterocycles. The second kappa shape index (κ2) is 9.15. The number of amides is 1. The van der Waals surface area contributed by atoms with Crippen LogP contribution >= 0.6 is 0 Å². The van der Waals surface area contributed by atoms with Crippen molar-refractivity contribution in [3.05, 3.63) is 81.0 Å². The summed E-state index contributed by atoms with van der Waals surface area (Å²) in [6.45, 7) is 4.62. The molecule has 0 saturated heterocycles. The molecule has 0 unspecified atom stereocenters. The summed E-state index contributed by atoms with van der Waals surface area (Å²) in [4.78, 5) is 40.1. The fraction of sp³-hybridized carbons (Fsp3) is 0.320. The molecule has 0 fully saturated rings. The van der Waals surface area contributed by atoms with Crippen molar-refractivity contribution in [2.75, 3.05) is 20.3 Å². The van der Waals surface area contributed by atoms with Crippen molar-refractivity contribution >= 4 is 22.8 Å². The zero-order valence-electron chi connectivity index (χ0n) is 18.6. The lowest BCUT2D eigenvalue weighted by molar-refractivity contribution is 0.0585. The van der Waals surface area contributed by atoms with Gasteiger partial charge >= 0.3 is 5.97 Å². The van der Waals surface area contributed by atoms with Gasteiger partial charge in [0.25, 0.3) is 5.91 Å². The molecule has 8 heteroatoms. The van der Waals surface area contributed by atoms with E-state index < -0.39 is 29.2 Å². The number of esters is 1. The van der Waals surface area contributed by atoms with Gasteiger partial charge in [0.1, 0.15) is 11.4 Å². The van der Waals surface area contributed by atoms with E-state index in [4.69, 9.17) is 13.9 Å². The third kappa shape index (κ3) is 4.26. The maximum Gasteiger partial charge on any atom is 0.337 e. The molecule has 4 rings (SSSR count). The number of fused-ring (bicyclic) bond motifs is 2. The zero-order chi connectivity index (χ0) is 23.7. The highest BCUT2D eigenvalue weighted by Crippen LogP contribution is 2.38. The number of methoxy groups -OCH3 is 1. The maximum absolute atomic E-state index is 13.9. The van der Waals surface area contributed by atoms with E-state index in [1.807, 2.05) is 13.8 Å². The summed E-state index contributed by atoms with van der Waals surface area (Å²) in [5, 5.41) is 0.0720. The van der Waals surface area contributed by atoms with Crippen LogP contribution in [-0.4, -0.2) is 43.1 Å². The van der Waals surface area contributed by atoms with Crippen molar-refractivity contribution in [2.45, 2.75) is 32.4 Å². The molecule has 0 radical (unpaired) electrons. The van der Waals surface area contributed by atoms with Gasteiger partial charge in [0.05, 0.1) is 35.8 Å². The molecular weight excluding hydrogens is 429 g/mol. The Balaban J connectivity index is 1.80. The van der Waals surface area contributed by atoms with Crippen LogP contribution in [0.15, 0.2) is 51.7 Å². The van der Waals surface area contributed by atoms with Gasteiger partial charge in [-0.2, -0.15) is 0 Å². The summed E-state index contributed by atoms with van der Waals surface area (Å²) < 4.78 is 30.0. The Morgan fingerprint density at radius 3 is 2.55 bits per heavy atom. The van der Waals surface area contributed by atoms with Crippen molar-refractivity contribution in [1.82, 2.24) is 4.90 Å². The summed E-state index contributed by atoms with van der Waals surface area (Å²) in [5.41, 5.74) is 0.826. The lowest BCUT2D eigenvalue weighted by atomic mass is 9.97. The molecule has 1 aromatic heterocycles. The Morgan fingerprint density at radius 1 is 1.15 bits per heavy atom. The van der Waals surface area contributed by atoms with Crippen LogP contribution in [0.2, 0.25) is 0 Å². The first kappa shape index (κ1) is 22.7. The number of benzene rings is 2. The molecule has 7 nitrogen and oxygen atoms in total. The topological polar surface area (TPSA) is 86.0 Å². The Morgan fingerprint density at radius 2 is 1.88 bits per heavy atom. The summed E-state index contributed by atoms with van der Waals surface area (Å²) in [7, 11) is 1.29. The lowest BCUT2D eigenvalue weighted by Gasteiger charge is -2.25. The maximum atomic E-state index is 13.9. The molecule has 0 bridgehead atoms. The van der Waals surface area contributed by atoms with Crippen LogP contribution < -0.4 is 5.43 Å². The van der Waals surface area contributed by atoms with Crippen molar-refractivity contribution in [2.24, 2.45) is 0 Å². The first-order valence-electron chi connectivity index (χ1n) is 10.7. The van der Waals surface area contributed by atoms with Gasteiger partial charge in [-0.15, -0.1) is 0 Å². The number of ether oxygens (including phenoxy) is 2. The third-order valence-electron chi connectivity index (χ3n) is 5.57. The van der Waals surface area contributed by atoms with E-state index in [2.05, 4.69) is 0 Å². The molecule has 33 heavy (non-hydrogen) atoms. The summed E-state index contributed by atoms with van der Waals surface area (Å²) >= 11 is 0. The average molecular weight is 453 g/mol. The standard InChI is InChI=1S/C25H24FNO6/c1-14(2)32-12-4-11-27-21(15-5-7-16(8-6-15)25(30)31-3)20-22(28)18-13-17(26)9-10-19(18)33-23(20)24(27)29/h5-10,13-14,21H,4,11-12H2,1-3H3/t21-/m1/s1. The monoisotopic (exact) mass is 453 g/mol. The molecule has 0 spiro atoms. The van der Waals surface area contributed by atoms with Crippen molar-refractivity contribution < 1.29 is 27.9 Å². The van der Waals surface area contributed by atoms with Crippen LogP contribution in [0.1, 0.15) is 58.3 Å². The van der Waals surface area contributed by atoms with Gasteiger partial charge < -0.3 is 18.8 Å². The molecule has 1 amide bonds. The number of hydrogen-bond acceptors (Lipinski definition) is 6. The first-order valence-corrected chi connectivity index (χ1v) is 10.7. The van der Waals surface area contributed by atoms with Crippen molar-refractivity contribution in [1.29, 1.82) is 0 Å².